The molecule has 0 heterocycles. The number of aliphatic imine (C=N–C) groups is 1. The van der Waals surface area contributed by atoms with E-state index in [0.717, 1.165) is 12.8 Å². The molecule has 1 aromatic carbocycles. The second-order valence-corrected chi connectivity index (χ2v) is 5.86. The first-order valence-electron chi connectivity index (χ1n) is 7.62. The van der Waals surface area contributed by atoms with Gasteiger partial charge in [0.1, 0.15) is 5.82 Å². The van der Waals surface area contributed by atoms with E-state index < -0.39 is 0 Å². The van der Waals surface area contributed by atoms with Gasteiger partial charge in [-0.2, -0.15) is 5.26 Å². The number of nitrogens with one attached hydrogen (secondary N) is 2. The Morgan fingerprint density at radius 3 is 2.64 bits per heavy atom. The van der Waals surface area contributed by atoms with Gasteiger partial charge < -0.3 is 10.6 Å². The number of benzene rings is 1. The summed E-state index contributed by atoms with van der Waals surface area (Å²) in [5.41, 5.74) is 0.906. The van der Waals surface area contributed by atoms with Crippen LogP contribution in [0.2, 0.25) is 0 Å². The molecule has 0 radical (unpaired) electrons. The standard InChI is InChI=1S/C17H25FN4/c1-12(2)5-6-13(3)22-17(20-4)21-11-15-9-14(10-19)7-8-16(15)18/h7-9,12-13H,5-6,11H2,1-4H3,(H2,20,21,22). The van der Waals surface area contributed by atoms with E-state index >= 15 is 0 Å². The van der Waals surface area contributed by atoms with Crippen molar-refractivity contribution in [1.82, 2.24) is 10.6 Å². The van der Waals surface area contributed by atoms with Crippen molar-refractivity contribution < 1.29 is 4.39 Å². The van der Waals surface area contributed by atoms with Crippen LogP contribution in [-0.4, -0.2) is 19.0 Å². The molecule has 0 aliphatic heterocycles. The molecule has 0 aliphatic carbocycles. The highest BCUT2D eigenvalue weighted by Crippen LogP contribution is 2.10. The van der Waals surface area contributed by atoms with Crippen LogP contribution < -0.4 is 10.6 Å². The molecule has 1 aromatic rings. The summed E-state index contributed by atoms with van der Waals surface area (Å²) in [6.45, 7) is 6.79. The van der Waals surface area contributed by atoms with Crippen molar-refractivity contribution in [2.75, 3.05) is 7.05 Å². The molecule has 0 bridgehead atoms. The second kappa shape index (κ2) is 9.04. The predicted octanol–water partition coefficient (Wildman–Crippen LogP) is 3.19. The lowest BCUT2D eigenvalue weighted by Crippen LogP contribution is -2.42. The number of nitriles is 1. The van der Waals surface area contributed by atoms with Crippen molar-refractivity contribution in [3.63, 3.8) is 0 Å². The average Bonchev–Trinajstić information content (AvgIpc) is 2.50. The predicted molar refractivity (Wildman–Crippen MR) is 88.0 cm³/mol. The number of rotatable bonds is 6. The van der Waals surface area contributed by atoms with Crippen molar-refractivity contribution >= 4 is 5.96 Å². The highest BCUT2D eigenvalue weighted by Gasteiger charge is 2.08. The van der Waals surface area contributed by atoms with Crippen LogP contribution in [0.4, 0.5) is 4.39 Å². The molecule has 0 aliphatic rings. The maximum Gasteiger partial charge on any atom is 0.191 e. The van der Waals surface area contributed by atoms with Gasteiger partial charge in [-0.15, -0.1) is 0 Å². The first-order chi connectivity index (χ1) is 10.5. The van der Waals surface area contributed by atoms with Gasteiger partial charge in [0.2, 0.25) is 0 Å². The van der Waals surface area contributed by atoms with Crippen molar-refractivity contribution in [3.8, 4) is 6.07 Å². The molecular formula is C17H25FN4. The Morgan fingerprint density at radius 2 is 2.05 bits per heavy atom. The summed E-state index contributed by atoms with van der Waals surface area (Å²) in [5.74, 6) is 0.981. The number of guanidine groups is 1. The molecule has 1 rings (SSSR count). The second-order valence-electron chi connectivity index (χ2n) is 5.86. The van der Waals surface area contributed by atoms with Crippen molar-refractivity contribution in [1.29, 1.82) is 5.26 Å². The average molecular weight is 304 g/mol. The quantitative estimate of drug-likeness (QED) is 0.627. The minimum Gasteiger partial charge on any atom is -0.354 e. The van der Waals surface area contributed by atoms with Gasteiger partial charge in [-0.05, 0) is 43.9 Å². The molecule has 120 valence electrons. The Bertz CT molecular complexity index is 546. The highest BCUT2D eigenvalue weighted by atomic mass is 19.1. The summed E-state index contributed by atoms with van der Waals surface area (Å²) in [7, 11) is 1.69. The molecule has 0 saturated heterocycles. The van der Waals surface area contributed by atoms with Crippen LogP contribution in [-0.2, 0) is 6.54 Å². The van der Waals surface area contributed by atoms with Crippen LogP contribution in [0.25, 0.3) is 0 Å². The maximum absolute atomic E-state index is 13.7. The molecule has 5 heteroatoms. The molecule has 22 heavy (non-hydrogen) atoms. The molecule has 1 unspecified atom stereocenters. The number of hydrogen-bond acceptors (Lipinski definition) is 2. The smallest absolute Gasteiger partial charge is 0.191 e. The molecule has 0 saturated carbocycles. The van der Waals surface area contributed by atoms with Gasteiger partial charge in [-0.1, -0.05) is 13.8 Å². The van der Waals surface area contributed by atoms with Crippen LogP contribution in [0.3, 0.4) is 0 Å². The third-order valence-corrected chi connectivity index (χ3v) is 3.40. The molecule has 0 amide bonds. The monoisotopic (exact) mass is 304 g/mol. The third kappa shape index (κ3) is 6.13. The largest absolute Gasteiger partial charge is 0.354 e. The summed E-state index contributed by atoms with van der Waals surface area (Å²) < 4.78 is 13.7. The molecule has 0 fully saturated rings. The minimum absolute atomic E-state index is 0.290. The van der Waals surface area contributed by atoms with Crippen LogP contribution >= 0.6 is 0 Å². The Hall–Kier alpha value is -2.09. The Morgan fingerprint density at radius 1 is 1.32 bits per heavy atom. The van der Waals surface area contributed by atoms with Gasteiger partial charge >= 0.3 is 0 Å². The normalized spacial score (nSPS) is 12.9. The van der Waals surface area contributed by atoms with E-state index in [1.54, 1.807) is 13.1 Å². The van der Waals surface area contributed by atoms with Crippen molar-refractivity contribution in [3.05, 3.63) is 35.1 Å². The van der Waals surface area contributed by atoms with Gasteiger partial charge in [-0.25, -0.2) is 4.39 Å². The number of hydrogen-bond donors (Lipinski definition) is 2. The van der Waals surface area contributed by atoms with E-state index in [9.17, 15) is 4.39 Å². The molecule has 0 spiro atoms. The Kier molecular flexibility index (Phi) is 7.38. The van der Waals surface area contributed by atoms with E-state index in [1.807, 2.05) is 6.07 Å². The zero-order valence-corrected chi connectivity index (χ0v) is 13.8. The van der Waals surface area contributed by atoms with E-state index in [2.05, 4.69) is 36.4 Å². The maximum atomic E-state index is 13.7. The zero-order valence-electron chi connectivity index (χ0n) is 13.8. The molecule has 1 atom stereocenters. The fraction of sp³-hybridized carbons (Fsp3) is 0.529. The Labute approximate surface area is 132 Å². The van der Waals surface area contributed by atoms with E-state index in [-0.39, 0.29) is 12.4 Å². The summed E-state index contributed by atoms with van der Waals surface area (Å²) in [6.07, 6.45) is 2.20. The van der Waals surface area contributed by atoms with Crippen LogP contribution in [0, 0.1) is 23.1 Å². The lowest BCUT2D eigenvalue weighted by Gasteiger charge is -2.19. The van der Waals surface area contributed by atoms with Gasteiger partial charge in [0.25, 0.3) is 0 Å². The summed E-state index contributed by atoms with van der Waals surface area (Å²) >= 11 is 0. The third-order valence-electron chi connectivity index (χ3n) is 3.40. The lowest BCUT2D eigenvalue weighted by molar-refractivity contribution is 0.488. The van der Waals surface area contributed by atoms with E-state index in [4.69, 9.17) is 5.26 Å². The van der Waals surface area contributed by atoms with Crippen molar-refractivity contribution in [2.45, 2.75) is 46.2 Å². The van der Waals surface area contributed by atoms with E-state index in [0.29, 0.717) is 29.0 Å². The minimum atomic E-state index is -0.324. The number of halogens is 1. The topological polar surface area (TPSA) is 60.2 Å². The molecule has 0 aromatic heterocycles. The lowest BCUT2D eigenvalue weighted by atomic mass is 10.0. The fourth-order valence-electron chi connectivity index (χ4n) is 2.04. The van der Waals surface area contributed by atoms with Crippen LogP contribution in [0.15, 0.2) is 23.2 Å². The zero-order chi connectivity index (χ0) is 16.5. The SMILES string of the molecule is CN=C(NCc1cc(C#N)ccc1F)NC(C)CCC(C)C. The molecule has 2 N–H and O–H groups in total. The first kappa shape index (κ1) is 18.0. The summed E-state index contributed by atoms with van der Waals surface area (Å²) in [6, 6.07) is 6.65. The fourth-order valence-corrected chi connectivity index (χ4v) is 2.04. The molecular weight excluding hydrogens is 279 g/mol. The van der Waals surface area contributed by atoms with Crippen LogP contribution in [0.1, 0.15) is 44.7 Å². The van der Waals surface area contributed by atoms with Gasteiger partial charge in [0.05, 0.1) is 11.6 Å². The summed E-state index contributed by atoms with van der Waals surface area (Å²) in [5, 5.41) is 15.2. The Balaban J connectivity index is 2.56. The molecule has 4 nitrogen and oxygen atoms in total. The summed E-state index contributed by atoms with van der Waals surface area (Å²) in [4.78, 5) is 4.15. The van der Waals surface area contributed by atoms with Gasteiger partial charge in [0.15, 0.2) is 5.96 Å². The van der Waals surface area contributed by atoms with Gasteiger partial charge in [0, 0.05) is 25.2 Å². The number of nitrogens with zero attached hydrogens (tertiary/aromatic N) is 2. The van der Waals surface area contributed by atoms with E-state index in [1.165, 1.54) is 12.1 Å². The highest BCUT2D eigenvalue weighted by molar-refractivity contribution is 5.79. The van der Waals surface area contributed by atoms with Crippen molar-refractivity contribution in [2.24, 2.45) is 10.9 Å². The van der Waals surface area contributed by atoms with Crippen LogP contribution in [0.5, 0.6) is 0 Å². The van der Waals surface area contributed by atoms with Gasteiger partial charge in [-0.3, -0.25) is 4.99 Å². The first-order valence-corrected chi connectivity index (χ1v) is 7.62.